The minimum Gasteiger partial charge on any atom is -0.497 e. The van der Waals surface area contributed by atoms with E-state index in [1.54, 1.807) is 7.11 Å². The Labute approximate surface area is 134 Å². The molecule has 22 heavy (non-hydrogen) atoms. The van der Waals surface area contributed by atoms with Crippen molar-refractivity contribution in [3.05, 3.63) is 24.3 Å². The average molecular weight is 323 g/mol. The lowest BCUT2D eigenvalue weighted by atomic mass is 9.92. The minimum absolute atomic E-state index is 0.118. The Morgan fingerprint density at radius 2 is 2.23 bits per heavy atom. The van der Waals surface area contributed by atoms with Crippen LogP contribution in [0.1, 0.15) is 19.8 Å². The lowest BCUT2D eigenvalue weighted by molar-refractivity contribution is -0.151. The van der Waals surface area contributed by atoms with Crippen LogP contribution in [-0.2, 0) is 9.59 Å². The zero-order valence-corrected chi connectivity index (χ0v) is 13.6. The summed E-state index contributed by atoms with van der Waals surface area (Å²) in [6.07, 6.45) is 1.39. The Bertz CT molecular complexity index is 549. The zero-order chi connectivity index (χ0) is 16.1. The summed E-state index contributed by atoms with van der Waals surface area (Å²) in [5.41, 5.74) is 0. The summed E-state index contributed by atoms with van der Waals surface area (Å²) in [5, 5.41) is 9.31. The van der Waals surface area contributed by atoms with Gasteiger partial charge in [0.2, 0.25) is 5.91 Å². The highest BCUT2D eigenvalue weighted by molar-refractivity contribution is 8.00. The summed E-state index contributed by atoms with van der Waals surface area (Å²) in [6.45, 7) is 2.55. The molecule has 1 aliphatic rings. The molecule has 120 valence electrons. The van der Waals surface area contributed by atoms with Gasteiger partial charge in [-0.3, -0.25) is 4.79 Å². The largest absolute Gasteiger partial charge is 0.497 e. The average Bonchev–Trinajstić information content (AvgIpc) is 2.52. The molecule has 0 radical (unpaired) electrons. The second kappa shape index (κ2) is 7.54. The fourth-order valence-electron chi connectivity index (χ4n) is 2.59. The van der Waals surface area contributed by atoms with Crippen LogP contribution in [0.5, 0.6) is 5.75 Å². The first-order valence-electron chi connectivity index (χ1n) is 7.30. The van der Waals surface area contributed by atoms with Crippen molar-refractivity contribution < 1.29 is 19.4 Å². The third-order valence-corrected chi connectivity index (χ3v) is 4.85. The van der Waals surface area contributed by atoms with Crippen LogP contribution in [0.4, 0.5) is 0 Å². The summed E-state index contributed by atoms with van der Waals surface area (Å²) < 4.78 is 5.15. The molecule has 0 bridgehead atoms. The van der Waals surface area contributed by atoms with Crippen molar-refractivity contribution >= 4 is 23.6 Å². The number of rotatable bonds is 5. The van der Waals surface area contributed by atoms with Gasteiger partial charge in [0.1, 0.15) is 11.8 Å². The van der Waals surface area contributed by atoms with Crippen molar-refractivity contribution in [1.82, 2.24) is 4.90 Å². The zero-order valence-electron chi connectivity index (χ0n) is 12.8. The van der Waals surface area contributed by atoms with Crippen molar-refractivity contribution in [3.63, 3.8) is 0 Å². The second-order valence-corrected chi connectivity index (χ2v) is 6.59. The van der Waals surface area contributed by atoms with Gasteiger partial charge < -0.3 is 14.7 Å². The predicted octanol–water partition coefficient (Wildman–Crippen LogP) is 2.50. The molecule has 5 nitrogen and oxygen atoms in total. The van der Waals surface area contributed by atoms with Crippen molar-refractivity contribution in [3.8, 4) is 5.75 Å². The predicted molar refractivity (Wildman–Crippen MR) is 85.3 cm³/mol. The molecule has 0 spiro atoms. The summed E-state index contributed by atoms with van der Waals surface area (Å²) >= 11 is 1.40. The highest BCUT2D eigenvalue weighted by Crippen LogP contribution is 2.26. The number of likely N-dealkylation sites (tertiary alicyclic amines) is 1. The number of nitrogens with zero attached hydrogens (tertiary/aromatic N) is 1. The van der Waals surface area contributed by atoms with Gasteiger partial charge in [-0.05, 0) is 37.0 Å². The maximum atomic E-state index is 12.4. The summed E-state index contributed by atoms with van der Waals surface area (Å²) in [6, 6.07) is 6.80. The maximum absolute atomic E-state index is 12.4. The van der Waals surface area contributed by atoms with E-state index >= 15 is 0 Å². The molecule has 1 aromatic carbocycles. The number of carbonyl (C=O) groups is 2. The highest BCUT2D eigenvalue weighted by Gasteiger charge is 2.34. The first kappa shape index (κ1) is 16.7. The summed E-state index contributed by atoms with van der Waals surface area (Å²) in [5.74, 6) is 0.299. The van der Waals surface area contributed by atoms with Crippen LogP contribution in [-0.4, -0.2) is 47.3 Å². The number of ether oxygens (including phenoxy) is 1. The Morgan fingerprint density at radius 3 is 2.91 bits per heavy atom. The van der Waals surface area contributed by atoms with Crippen molar-refractivity contribution in [2.24, 2.45) is 5.92 Å². The van der Waals surface area contributed by atoms with Crippen LogP contribution in [0, 0.1) is 5.92 Å². The molecule has 0 aromatic heterocycles. The molecule has 6 heteroatoms. The van der Waals surface area contributed by atoms with E-state index in [9.17, 15) is 14.7 Å². The number of carboxylic acids is 1. The van der Waals surface area contributed by atoms with E-state index in [1.165, 1.54) is 16.7 Å². The number of amides is 1. The lowest BCUT2D eigenvalue weighted by Gasteiger charge is -2.36. The van der Waals surface area contributed by atoms with E-state index in [2.05, 4.69) is 0 Å². The Morgan fingerprint density at radius 1 is 1.45 bits per heavy atom. The number of aliphatic carboxylic acids is 1. The number of methoxy groups -OCH3 is 1. The van der Waals surface area contributed by atoms with E-state index < -0.39 is 12.0 Å². The van der Waals surface area contributed by atoms with E-state index in [0.29, 0.717) is 18.9 Å². The number of carbonyl (C=O) groups excluding carboxylic acids is 1. The molecule has 1 N–H and O–H groups in total. The van der Waals surface area contributed by atoms with Crippen molar-refractivity contribution in [2.45, 2.75) is 30.7 Å². The number of hydrogen-bond acceptors (Lipinski definition) is 4. The maximum Gasteiger partial charge on any atom is 0.326 e. The van der Waals surface area contributed by atoms with Gasteiger partial charge in [-0.25, -0.2) is 4.79 Å². The monoisotopic (exact) mass is 323 g/mol. The van der Waals surface area contributed by atoms with E-state index in [1.807, 2.05) is 31.2 Å². The van der Waals surface area contributed by atoms with Crippen LogP contribution in [0.2, 0.25) is 0 Å². The molecule has 1 aromatic rings. The molecule has 1 aliphatic heterocycles. The molecule has 2 rings (SSSR count). The molecule has 0 aliphatic carbocycles. The van der Waals surface area contributed by atoms with Crippen molar-refractivity contribution in [1.29, 1.82) is 0 Å². The van der Waals surface area contributed by atoms with E-state index in [0.717, 1.165) is 17.1 Å². The third kappa shape index (κ3) is 4.16. The van der Waals surface area contributed by atoms with E-state index in [-0.39, 0.29) is 11.7 Å². The molecule has 1 amide bonds. The van der Waals surface area contributed by atoms with E-state index in [4.69, 9.17) is 4.74 Å². The standard InChI is InChI=1S/C16H21NO4S/c1-11-6-7-17(14(8-11)16(19)20)15(18)10-22-13-5-3-4-12(9-13)21-2/h3-5,9,11,14H,6-8,10H2,1-2H3,(H,19,20). The van der Waals surface area contributed by atoms with Crippen LogP contribution in [0.15, 0.2) is 29.2 Å². The first-order chi connectivity index (χ1) is 10.5. The molecule has 0 saturated carbocycles. The smallest absolute Gasteiger partial charge is 0.326 e. The summed E-state index contributed by atoms with van der Waals surface area (Å²) in [4.78, 5) is 26.2. The van der Waals surface area contributed by atoms with Gasteiger partial charge in [0.25, 0.3) is 0 Å². The van der Waals surface area contributed by atoms with Crippen LogP contribution in [0.3, 0.4) is 0 Å². The number of thioether (sulfide) groups is 1. The Hall–Kier alpha value is -1.69. The van der Waals surface area contributed by atoms with Crippen LogP contribution < -0.4 is 4.74 Å². The second-order valence-electron chi connectivity index (χ2n) is 5.54. The number of carboxylic acid groups (broad SMARTS) is 1. The lowest BCUT2D eigenvalue weighted by Crippen LogP contribution is -2.50. The summed E-state index contributed by atoms with van der Waals surface area (Å²) in [7, 11) is 1.60. The normalized spacial score (nSPS) is 21.5. The molecule has 1 heterocycles. The highest BCUT2D eigenvalue weighted by atomic mass is 32.2. The van der Waals surface area contributed by atoms with Gasteiger partial charge in [-0.15, -0.1) is 11.8 Å². The van der Waals surface area contributed by atoms with Gasteiger partial charge in [0.15, 0.2) is 0 Å². The molecule has 1 saturated heterocycles. The first-order valence-corrected chi connectivity index (χ1v) is 8.29. The Kier molecular flexibility index (Phi) is 5.71. The fourth-order valence-corrected chi connectivity index (χ4v) is 3.42. The van der Waals surface area contributed by atoms with Gasteiger partial charge >= 0.3 is 5.97 Å². The third-order valence-electron chi connectivity index (χ3n) is 3.87. The Balaban J connectivity index is 1.97. The van der Waals surface area contributed by atoms with Gasteiger partial charge in [0.05, 0.1) is 12.9 Å². The van der Waals surface area contributed by atoms with Crippen LogP contribution >= 0.6 is 11.8 Å². The van der Waals surface area contributed by atoms with Gasteiger partial charge in [-0.1, -0.05) is 13.0 Å². The quantitative estimate of drug-likeness (QED) is 0.843. The SMILES string of the molecule is COc1cccc(SCC(=O)N2CCC(C)CC2C(=O)O)c1. The molecule has 2 atom stereocenters. The molecule has 2 unspecified atom stereocenters. The molecular weight excluding hydrogens is 302 g/mol. The number of piperidine rings is 1. The minimum atomic E-state index is -0.911. The number of benzene rings is 1. The van der Waals surface area contributed by atoms with Crippen LogP contribution in [0.25, 0.3) is 0 Å². The molecular formula is C16H21NO4S. The molecule has 1 fully saturated rings. The van der Waals surface area contributed by atoms with Gasteiger partial charge in [-0.2, -0.15) is 0 Å². The number of hydrogen-bond donors (Lipinski definition) is 1. The topological polar surface area (TPSA) is 66.8 Å². The van der Waals surface area contributed by atoms with Crippen molar-refractivity contribution in [2.75, 3.05) is 19.4 Å². The fraction of sp³-hybridized carbons (Fsp3) is 0.500. The van der Waals surface area contributed by atoms with Gasteiger partial charge in [0, 0.05) is 11.4 Å².